The molecule has 0 amide bonds. The number of nitrogens with zero attached hydrogens (tertiary/aromatic N) is 2. The third kappa shape index (κ3) is 3.39. The molecular weight excluding hydrogens is 346 g/mol. The lowest BCUT2D eigenvalue weighted by Crippen LogP contribution is -2.42. The number of carbonyl (C=O) groups excluding carboxylic acids is 2. The van der Waals surface area contributed by atoms with Gasteiger partial charge in [0.15, 0.2) is 5.57 Å². The first-order valence-electron chi connectivity index (χ1n) is 8.39. The van der Waals surface area contributed by atoms with Crippen LogP contribution < -0.4 is 5.32 Å². The Morgan fingerprint density at radius 1 is 1.07 bits per heavy atom. The fourth-order valence-corrected chi connectivity index (χ4v) is 2.78. The molecule has 0 unspecified atom stereocenters. The molecule has 1 saturated heterocycles. The van der Waals surface area contributed by atoms with Crippen LogP contribution >= 0.6 is 0 Å². The van der Waals surface area contributed by atoms with Gasteiger partial charge in [-0.2, -0.15) is 0 Å². The molecule has 1 aromatic carbocycles. The number of hydrogen-bond acceptors (Lipinski definition) is 6. The van der Waals surface area contributed by atoms with E-state index < -0.39 is 17.7 Å². The molecule has 0 saturated carbocycles. The molecule has 1 N–H and O–H groups in total. The minimum absolute atomic E-state index is 0.188. The van der Waals surface area contributed by atoms with Crippen LogP contribution in [0.5, 0.6) is 0 Å². The average molecular weight is 363 g/mol. The van der Waals surface area contributed by atoms with Crippen molar-refractivity contribution in [2.45, 2.75) is 19.6 Å². The van der Waals surface area contributed by atoms with E-state index in [1.807, 2.05) is 59.3 Å². The zero-order valence-corrected chi connectivity index (χ0v) is 14.8. The van der Waals surface area contributed by atoms with E-state index in [2.05, 4.69) is 10.3 Å². The van der Waals surface area contributed by atoms with Crippen LogP contribution in [0.15, 0.2) is 66.6 Å². The van der Waals surface area contributed by atoms with E-state index in [1.165, 1.54) is 20.0 Å². The normalized spacial score (nSPS) is 16.0. The Balaban J connectivity index is 1.58. The molecule has 3 heterocycles. The minimum Gasteiger partial charge on any atom is -0.419 e. The number of aromatic nitrogens is 2. The highest BCUT2D eigenvalue weighted by molar-refractivity contribution is 6.15. The number of imidazole rings is 1. The molecule has 1 aliphatic rings. The molecule has 0 aliphatic carbocycles. The highest BCUT2D eigenvalue weighted by Crippen LogP contribution is 2.25. The summed E-state index contributed by atoms with van der Waals surface area (Å²) in [5.41, 5.74) is 3.08. The van der Waals surface area contributed by atoms with Crippen LogP contribution in [-0.2, 0) is 19.1 Å². The van der Waals surface area contributed by atoms with Crippen LogP contribution in [0.3, 0.4) is 0 Å². The number of anilines is 1. The van der Waals surface area contributed by atoms with Gasteiger partial charge < -0.3 is 19.2 Å². The van der Waals surface area contributed by atoms with Gasteiger partial charge in [-0.25, -0.2) is 14.6 Å². The van der Waals surface area contributed by atoms with Gasteiger partial charge in [-0.1, -0.05) is 18.2 Å². The first kappa shape index (κ1) is 16.8. The lowest BCUT2D eigenvalue weighted by molar-refractivity contribution is -0.222. The van der Waals surface area contributed by atoms with Crippen molar-refractivity contribution in [3.63, 3.8) is 0 Å². The van der Waals surface area contributed by atoms with Crippen molar-refractivity contribution < 1.29 is 19.1 Å². The van der Waals surface area contributed by atoms with Gasteiger partial charge in [0, 0.05) is 43.7 Å². The second kappa shape index (κ2) is 6.28. The summed E-state index contributed by atoms with van der Waals surface area (Å²) >= 11 is 0. The van der Waals surface area contributed by atoms with Crippen molar-refractivity contribution in [3.8, 4) is 11.3 Å². The van der Waals surface area contributed by atoms with Gasteiger partial charge >= 0.3 is 11.9 Å². The Morgan fingerprint density at radius 3 is 2.59 bits per heavy atom. The molecule has 0 spiro atoms. The number of nitrogens with one attached hydrogen (secondary N) is 1. The molecule has 1 aliphatic heterocycles. The number of pyridine rings is 1. The van der Waals surface area contributed by atoms with Crippen molar-refractivity contribution in [2.75, 3.05) is 5.32 Å². The molecule has 3 aromatic rings. The van der Waals surface area contributed by atoms with Crippen LogP contribution in [0.25, 0.3) is 16.9 Å². The monoisotopic (exact) mass is 363 g/mol. The molecule has 7 nitrogen and oxygen atoms in total. The molecule has 2 aromatic heterocycles. The number of cyclic esters (lactones) is 2. The molecule has 4 rings (SSSR count). The maximum atomic E-state index is 12.0. The zero-order chi connectivity index (χ0) is 19.0. The first-order chi connectivity index (χ1) is 12.9. The number of carbonyl (C=O) groups is 2. The molecular formula is C20H17N3O4. The van der Waals surface area contributed by atoms with E-state index in [4.69, 9.17) is 9.47 Å². The predicted octanol–water partition coefficient (Wildman–Crippen LogP) is 3.13. The highest BCUT2D eigenvalue weighted by Gasteiger charge is 2.38. The average Bonchev–Trinajstić information content (AvgIpc) is 3.04. The number of rotatable bonds is 3. The smallest absolute Gasteiger partial charge is 0.350 e. The van der Waals surface area contributed by atoms with Crippen LogP contribution in [0.1, 0.15) is 13.8 Å². The minimum atomic E-state index is -1.26. The summed E-state index contributed by atoms with van der Waals surface area (Å²) in [6.07, 6.45) is 5.16. The second-order valence-electron chi connectivity index (χ2n) is 6.55. The number of fused-ring (bicyclic) bond motifs is 1. The van der Waals surface area contributed by atoms with E-state index in [0.29, 0.717) is 5.69 Å². The van der Waals surface area contributed by atoms with Gasteiger partial charge in [0.1, 0.15) is 5.65 Å². The molecule has 1 fully saturated rings. The maximum Gasteiger partial charge on any atom is 0.350 e. The lowest BCUT2D eigenvalue weighted by atomic mass is 10.1. The largest absolute Gasteiger partial charge is 0.419 e. The number of benzene rings is 1. The Hall–Kier alpha value is -3.61. The summed E-state index contributed by atoms with van der Waals surface area (Å²) in [5.74, 6) is -2.70. The molecule has 0 radical (unpaired) electrons. The standard InChI is InChI=1S/C20H17N3O4/c1-20(2)26-18(24)15(19(25)27-20)11-21-14-7-5-6-13(10-14)16-12-23-9-4-3-8-17(23)22-16/h3-12,21H,1-2H3. The van der Waals surface area contributed by atoms with E-state index in [1.54, 1.807) is 0 Å². The SMILES string of the molecule is CC1(C)OC(=O)C(=CNc2cccc(-c3cn4ccccc4n3)c2)C(=O)O1. The summed E-state index contributed by atoms with van der Waals surface area (Å²) in [6.45, 7) is 3.01. The van der Waals surface area contributed by atoms with Gasteiger partial charge in [-0.05, 0) is 24.3 Å². The van der Waals surface area contributed by atoms with E-state index in [9.17, 15) is 9.59 Å². The van der Waals surface area contributed by atoms with Crippen molar-refractivity contribution in [1.82, 2.24) is 9.38 Å². The van der Waals surface area contributed by atoms with Gasteiger partial charge in [-0.3, -0.25) is 0 Å². The predicted molar refractivity (Wildman–Crippen MR) is 98.6 cm³/mol. The second-order valence-corrected chi connectivity index (χ2v) is 6.55. The lowest BCUT2D eigenvalue weighted by Gasteiger charge is -2.29. The molecule has 0 bridgehead atoms. The van der Waals surface area contributed by atoms with Crippen LogP contribution in [0, 0.1) is 0 Å². The van der Waals surface area contributed by atoms with Gasteiger partial charge in [0.2, 0.25) is 0 Å². The van der Waals surface area contributed by atoms with Crippen molar-refractivity contribution >= 4 is 23.3 Å². The summed E-state index contributed by atoms with van der Waals surface area (Å²) < 4.78 is 12.1. The third-order valence-corrected chi connectivity index (χ3v) is 4.02. The fourth-order valence-electron chi connectivity index (χ4n) is 2.78. The topological polar surface area (TPSA) is 81.9 Å². The van der Waals surface area contributed by atoms with Gasteiger partial charge in [0.25, 0.3) is 5.79 Å². The van der Waals surface area contributed by atoms with Crippen molar-refractivity contribution in [3.05, 3.63) is 66.6 Å². The van der Waals surface area contributed by atoms with Crippen LogP contribution in [0.4, 0.5) is 5.69 Å². The van der Waals surface area contributed by atoms with Crippen LogP contribution in [0.2, 0.25) is 0 Å². The number of hydrogen-bond donors (Lipinski definition) is 1. The molecule has 0 atom stereocenters. The van der Waals surface area contributed by atoms with E-state index in [-0.39, 0.29) is 5.57 Å². The fraction of sp³-hybridized carbons (Fsp3) is 0.150. The Bertz CT molecular complexity index is 1030. The molecule has 27 heavy (non-hydrogen) atoms. The van der Waals surface area contributed by atoms with Crippen molar-refractivity contribution in [1.29, 1.82) is 0 Å². The summed E-state index contributed by atoms with van der Waals surface area (Å²) in [6, 6.07) is 13.3. The molecule has 136 valence electrons. The summed E-state index contributed by atoms with van der Waals surface area (Å²) in [4.78, 5) is 28.6. The van der Waals surface area contributed by atoms with E-state index >= 15 is 0 Å². The summed E-state index contributed by atoms with van der Waals surface area (Å²) in [7, 11) is 0. The number of esters is 2. The highest BCUT2D eigenvalue weighted by atomic mass is 16.7. The Morgan fingerprint density at radius 2 is 1.85 bits per heavy atom. The molecule has 7 heteroatoms. The zero-order valence-electron chi connectivity index (χ0n) is 14.8. The summed E-state index contributed by atoms with van der Waals surface area (Å²) in [5, 5.41) is 2.95. The van der Waals surface area contributed by atoms with Gasteiger partial charge in [-0.15, -0.1) is 0 Å². The first-order valence-corrected chi connectivity index (χ1v) is 8.39. The number of ether oxygens (including phenoxy) is 2. The van der Waals surface area contributed by atoms with Crippen LogP contribution in [-0.4, -0.2) is 27.1 Å². The Labute approximate surface area is 155 Å². The van der Waals surface area contributed by atoms with Gasteiger partial charge in [0.05, 0.1) is 5.69 Å². The third-order valence-electron chi connectivity index (χ3n) is 4.02. The van der Waals surface area contributed by atoms with E-state index in [0.717, 1.165) is 16.9 Å². The maximum absolute atomic E-state index is 12.0. The Kier molecular flexibility index (Phi) is 3.92. The quantitative estimate of drug-likeness (QED) is 0.437. The van der Waals surface area contributed by atoms with Crippen molar-refractivity contribution in [2.24, 2.45) is 0 Å².